The summed E-state index contributed by atoms with van der Waals surface area (Å²) in [4.78, 5) is 49.7. The van der Waals surface area contributed by atoms with Crippen molar-refractivity contribution in [2.24, 2.45) is 34.5 Å². The molecule has 4 aliphatic carbocycles. The van der Waals surface area contributed by atoms with E-state index < -0.39 is 0 Å². The van der Waals surface area contributed by atoms with Crippen molar-refractivity contribution in [2.45, 2.75) is 97.2 Å². The average Bonchev–Trinajstić information content (AvgIpc) is 3.14. The molecular formula is C28H40O5S. The largest absolute Gasteiger partial charge is 0.458 e. The molecule has 188 valence electrons. The maximum atomic E-state index is 13.2. The minimum absolute atomic E-state index is 0.0185. The molecule has 0 saturated heterocycles. The van der Waals surface area contributed by atoms with Gasteiger partial charge in [0.05, 0.1) is 0 Å². The Balaban J connectivity index is 1.56. The number of rotatable bonds is 7. The van der Waals surface area contributed by atoms with E-state index in [1.165, 1.54) is 17.3 Å². The number of esters is 1. The maximum absolute atomic E-state index is 13.2. The average molecular weight is 489 g/mol. The summed E-state index contributed by atoms with van der Waals surface area (Å²) in [7, 11) is 0. The first-order valence-electron chi connectivity index (χ1n) is 13.2. The third-order valence-corrected chi connectivity index (χ3v) is 10.9. The summed E-state index contributed by atoms with van der Waals surface area (Å²) in [5, 5.41) is 0.296. The van der Waals surface area contributed by atoms with Gasteiger partial charge in [-0.2, -0.15) is 0 Å². The van der Waals surface area contributed by atoms with Gasteiger partial charge in [0.15, 0.2) is 16.7 Å². The molecule has 0 bridgehead atoms. The minimum Gasteiger partial charge on any atom is -0.458 e. The first-order valence-corrected chi connectivity index (χ1v) is 14.1. The molecule has 4 aliphatic rings. The second-order valence-electron chi connectivity index (χ2n) is 11.6. The van der Waals surface area contributed by atoms with Crippen molar-refractivity contribution >= 4 is 34.4 Å². The molecule has 6 heteroatoms. The fraction of sp³-hybridized carbons (Fsp3) is 0.786. The molecule has 4 rings (SSSR count). The van der Waals surface area contributed by atoms with Crippen LogP contribution in [0.25, 0.3) is 0 Å². The topological polar surface area (TPSA) is 77.5 Å². The third kappa shape index (κ3) is 4.56. The third-order valence-electron chi connectivity index (χ3n) is 9.78. The number of carbonyl (C=O) groups excluding carboxylic acids is 4. The number of allylic oxidation sites excluding steroid dienone is 1. The number of carbonyl (C=O) groups is 4. The molecule has 1 unspecified atom stereocenters. The lowest BCUT2D eigenvalue weighted by molar-refractivity contribution is -0.151. The van der Waals surface area contributed by atoms with Gasteiger partial charge in [-0.15, -0.1) is 0 Å². The van der Waals surface area contributed by atoms with E-state index in [9.17, 15) is 19.2 Å². The van der Waals surface area contributed by atoms with Gasteiger partial charge in [-0.05, 0) is 79.6 Å². The molecule has 5 nitrogen and oxygen atoms in total. The number of unbranched alkanes of at least 4 members (excludes halogenated alkanes) is 1. The fourth-order valence-corrected chi connectivity index (χ4v) is 9.23. The predicted molar refractivity (Wildman–Crippen MR) is 133 cm³/mol. The van der Waals surface area contributed by atoms with Gasteiger partial charge in [-0.25, -0.2) is 0 Å². The molecule has 0 heterocycles. The van der Waals surface area contributed by atoms with Crippen LogP contribution in [0.5, 0.6) is 0 Å². The highest BCUT2D eigenvalue weighted by atomic mass is 32.2. The zero-order valence-electron chi connectivity index (χ0n) is 21.2. The van der Waals surface area contributed by atoms with Crippen molar-refractivity contribution in [3.05, 3.63) is 11.6 Å². The Kier molecular flexibility index (Phi) is 7.48. The molecule has 0 N–H and O–H groups in total. The van der Waals surface area contributed by atoms with E-state index in [0.717, 1.165) is 51.4 Å². The number of Topliss-reactive ketones (excluding diaryl/α,β-unsaturated/α-hetero) is 1. The molecule has 0 aliphatic heterocycles. The van der Waals surface area contributed by atoms with E-state index in [2.05, 4.69) is 13.8 Å². The van der Waals surface area contributed by atoms with Crippen LogP contribution in [-0.2, 0) is 23.9 Å². The minimum atomic E-state index is -0.275. The van der Waals surface area contributed by atoms with Crippen LogP contribution in [-0.4, -0.2) is 34.5 Å². The van der Waals surface area contributed by atoms with Gasteiger partial charge in [-0.1, -0.05) is 44.5 Å². The zero-order chi connectivity index (χ0) is 24.7. The summed E-state index contributed by atoms with van der Waals surface area (Å²) >= 11 is 1.45. The monoisotopic (exact) mass is 488 g/mol. The number of ether oxygens (including phenoxy) is 1. The van der Waals surface area contributed by atoms with E-state index in [1.807, 2.05) is 13.0 Å². The van der Waals surface area contributed by atoms with Gasteiger partial charge < -0.3 is 4.74 Å². The first kappa shape index (κ1) is 25.7. The molecule has 34 heavy (non-hydrogen) atoms. The number of hydrogen-bond acceptors (Lipinski definition) is 6. The Morgan fingerprint density at radius 3 is 2.59 bits per heavy atom. The summed E-state index contributed by atoms with van der Waals surface area (Å²) in [6.07, 6.45) is 10.1. The molecule has 7 atom stereocenters. The van der Waals surface area contributed by atoms with Crippen LogP contribution in [0.4, 0.5) is 0 Å². The lowest BCUT2D eigenvalue weighted by Crippen LogP contribution is -2.55. The Labute approximate surface area is 208 Å². The SMILES string of the molecule is CCCCC(=O)OCC(=O)[C@H]1CC[C@H]2[C@@H]3C(SC(C)=O)CC4=CC(=O)CC[C@]4(C)[C@H]3CC[C@]12C. The molecule has 0 spiro atoms. The highest BCUT2D eigenvalue weighted by Crippen LogP contribution is 2.68. The Bertz CT molecular complexity index is 893. The van der Waals surface area contributed by atoms with Crippen LogP contribution >= 0.6 is 11.8 Å². The number of ketones is 2. The second-order valence-corrected chi connectivity index (χ2v) is 13.0. The highest BCUT2D eigenvalue weighted by molar-refractivity contribution is 8.14. The molecule has 3 saturated carbocycles. The van der Waals surface area contributed by atoms with Gasteiger partial charge in [-0.3, -0.25) is 19.2 Å². The van der Waals surface area contributed by atoms with E-state index in [-0.39, 0.29) is 51.3 Å². The van der Waals surface area contributed by atoms with Gasteiger partial charge in [0.25, 0.3) is 0 Å². The first-order chi connectivity index (χ1) is 16.1. The predicted octanol–water partition coefficient (Wildman–Crippen LogP) is 5.70. The zero-order valence-corrected chi connectivity index (χ0v) is 22.0. The van der Waals surface area contributed by atoms with E-state index >= 15 is 0 Å². The van der Waals surface area contributed by atoms with Crippen molar-refractivity contribution in [3.8, 4) is 0 Å². The summed E-state index contributed by atoms with van der Waals surface area (Å²) in [5.74, 6) is 1.11. The van der Waals surface area contributed by atoms with Gasteiger partial charge in [0, 0.05) is 30.9 Å². The van der Waals surface area contributed by atoms with Crippen LogP contribution in [0.1, 0.15) is 91.9 Å². The normalized spacial score (nSPS) is 38.9. The quantitative estimate of drug-likeness (QED) is 0.428. The van der Waals surface area contributed by atoms with Crippen molar-refractivity contribution in [1.29, 1.82) is 0 Å². The summed E-state index contributed by atoms with van der Waals surface area (Å²) in [6.45, 7) is 8.18. The number of hydrogen-bond donors (Lipinski definition) is 0. The lowest BCUT2D eigenvalue weighted by Gasteiger charge is -2.60. The van der Waals surface area contributed by atoms with Crippen LogP contribution in [0.3, 0.4) is 0 Å². The van der Waals surface area contributed by atoms with Crippen molar-refractivity contribution in [1.82, 2.24) is 0 Å². The van der Waals surface area contributed by atoms with Gasteiger partial charge in [0.2, 0.25) is 0 Å². The van der Waals surface area contributed by atoms with Crippen molar-refractivity contribution in [3.63, 3.8) is 0 Å². The Morgan fingerprint density at radius 1 is 1.12 bits per heavy atom. The Hall–Kier alpha value is -1.43. The van der Waals surface area contributed by atoms with Crippen LogP contribution in [0.2, 0.25) is 0 Å². The summed E-state index contributed by atoms with van der Waals surface area (Å²) in [6, 6.07) is 0. The maximum Gasteiger partial charge on any atom is 0.306 e. The molecule has 3 fully saturated rings. The van der Waals surface area contributed by atoms with E-state index in [0.29, 0.717) is 30.6 Å². The molecule has 0 amide bonds. The van der Waals surface area contributed by atoms with Gasteiger partial charge in [0.1, 0.15) is 6.61 Å². The van der Waals surface area contributed by atoms with Gasteiger partial charge >= 0.3 is 5.97 Å². The Morgan fingerprint density at radius 2 is 1.88 bits per heavy atom. The molecule has 0 aromatic rings. The van der Waals surface area contributed by atoms with Crippen LogP contribution in [0, 0.1) is 34.5 Å². The lowest BCUT2D eigenvalue weighted by atomic mass is 9.46. The number of thioether (sulfide) groups is 1. The molecular weight excluding hydrogens is 448 g/mol. The molecule has 0 aromatic carbocycles. The molecule has 0 radical (unpaired) electrons. The fourth-order valence-electron chi connectivity index (χ4n) is 8.01. The van der Waals surface area contributed by atoms with Crippen molar-refractivity contribution < 1.29 is 23.9 Å². The standard InChI is InChI=1S/C28H40O5S/c1-5-6-7-25(32)33-16-23(31)20-8-9-21-26-22(11-13-28(20,21)4)27(3)12-10-19(30)14-18(27)15-24(26)34-17(2)29/h14,20-22,24,26H,5-13,15-16H2,1-4H3/t20-,21+,22+,24?,26+,27+,28-/m1/s1. The second kappa shape index (κ2) is 9.91. The number of fused-ring (bicyclic) bond motifs is 5. The van der Waals surface area contributed by atoms with E-state index in [1.54, 1.807) is 6.92 Å². The van der Waals surface area contributed by atoms with Crippen LogP contribution < -0.4 is 0 Å². The van der Waals surface area contributed by atoms with E-state index in [4.69, 9.17) is 4.74 Å². The molecule has 0 aromatic heterocycles. The summed E-state index contributed by atoms with van der Waals surface area (Å²) < 4.78 is 5.34. The summed E-state index contributed by atoms with van der Waals surface area (Å²) in [5.41, 5.74) is 1.15. The highest BCUT2D eigenvalue weighted by Gasteiger charge is 2.62. The van der Waals surface area contributed by atoms with Crippen molar-refractivity contribution in [2.75, 3.05) is 6.61 Å². The smallest absolute Gasteiger partial charge is 0.306 e. The van der Waals surface area contributed by atoms with Crippen LogP contribution in [0.15, 0.2) is 11.6 Å².